The number of hydrogen-bond acceptors (Lipinski definition) is 5. The number of hydrogen-bond donors (Lipinski definition) is 1. The number of nitrogens with one attached hydrogen (secondary N) is 1. The van der Waals surface area contributed by atoms with Gasteiger partial charge in [-0.15, -0.1) is 23.4 Å². The third kappa shape index (κ3) is 4.85. The molecule has 5 nitrogen and oxygen atoms in total. The summed E-state index contributed by atoms with van der Waals surface area (Å²) in [4.78, 5) is 11.7. The minimum atomic E-state index is -4.80. The summed E-state index contributed by atoms with van der Waals surface area (Å²) in [5, 5.41) is 10.9. The lowest BCUT2D eigenvalue weighted by Gasteiger charge is -2.10. The Labute approximate surface area is 127 Å². The van der Waals surface area contributed by atoms with Crippen molar-refractivity contribution >= 4 is 28.5 Å². The molecule has 0 atom stereocenters. The Bertz CT molecular complexity index is 698. The lowest BCUT2D eigenvalue weighted by molar-refractivity contribution is -0.274. The van der Waals surface area contributed by atoms with E-state index >= 15 is 0 Å². The smallest absolute Gasteiger partial charge is 0.405 e. The zero-order chi connectivity index (χ0) is 16.2. The fraction of sp³-hybridized carbons (Fsp3) is 0.154. The molecule has 1 N–H and O–H groups in total. The van der Waals surface area contributed by atoms with E-state index in [0.29, 0.717) is 10.1 Å². The van der Waals surface area contributed by atoms with E-state index in [2.05, 4.69) is 20.3 Å². The highest BCUT2D eigenvalue weighted by Crippen LogP contribution is 2.27. The van der Waals surface area contributed by atoms with Crippen molar-refractivity contribution in [3.05, 3.63) is 40.9 Å². The lowest BCUT2D eigenvalue weighted by Crippen LogP contribution is -2.17. The van der Waals surface area contributed by atoms with Gasteiger partial charge >= 0.3 is 6.36 Å². The molecule has 1 heterocycles. The van der Waals surface area contributed by atoms with Crippen LogP contribution in [0.25, 0.3) is 6.08 Å². The molecule has 22 heavy (non-hydrogen) atoms. The van der Waals surface area contributed by atoms with Crippen molar-refractivity contribution in [1.82, 2.24) is 10.2 Å². The minimum absolute atomic E-state index is 0.128. The van der Waals surface area contributed by atoms with Crippen LogP contribution in [0, 0.1) is 6.92 Å². The Morgan fingerprint density at radius 1 is 1.32 bits per heavy atom. The molecule has 0 bridgehead atoms. The van der Waals surface area contributed by atoms with Gasteiger partial charge in [-0.1, -0.05) is 29.5 Å². The highest BCUT2D eigenvalue weighted by atomic mass is 32.1. The van der Waals surface area contributed by atoms with Gasteiger partial charge in [-0.2, -0.15) is 0 Å². The molecule has 1 aromatic carbocycles. The van der Waals surface area contributed by atoms with Crippen LogP contribution in [0.2, 0.25) is 0 Å². The van der Waals surface area contributed by atoms with E-state index in [1.807, 2.05) is 0 Å². The van der Waals surface area contributed by atoms with Crippen LogP contribution < -0.4 is 10.1 Å². The molecular formula is C13H10F3N3O2S. The number of benzene rings is 1. The number of ether oxygens (including phenoxy) is 1. The highest BCUT2D eigenvalue weighted by molar-refractivity contribution is 7.15. The lowest BCUT2D eigenvalue weighted by atomic mass is 10.2. The van der Waals surface area contributed by atoms with Gasteiger partial charge in [-0.25, -0.2) is 0 Å². The molecule has 0 unspecified atom stereocenters. The second-order valence-electron chi connectivity index (χ2n) is 4.03. The van der Waals surface area contributed by atoms with Gasteiger partial charge in [0.2, 0.25) is 11.0 Å². The Hall–Kier alpha value is -2.42. The molecule has 0 spiro atoms. The Kier molecular flexibility index (Phi) is 4.76. The first-order chi connectivity index (χ1) is 10.3. The summed E-state index contributed by atoms with van der Waals surface area (Å²) in [5.41, 5.74) is 0.128. The van der Waals surface area contributed by atoms with Crippen LogP contribution in [0.1, 0.15) is 10.6 Å². The molecule has 2 aromatic rings. The molecule has 0 radical (unpaired) electrons. The Morgan fingerprint density at radius 3 is 2.68 bits per heavy atom. The largest absolute Gasteiger partial charge is 0.573 e. The van der Waals surface area contributed by atoms with Crippen LogP contribution in [-0.4, -0.2) is 22.5 Å². The predicted octanol–water partition coefficient (Wildman–Crippen LogP) is 3.40. The molecule has 1 aromatic heterocycles. The monoisotopic (exact) mass is 329 g/mol. The molecule has 0 saturated heterocycles. The van der Waals surface area contributed by atoms with Crippen LogP contribution in [0.4, 0.5) is 18.3 Å². The van der Waals surface area contributed by atoms with E-state index in [1.165, 1.54) is 41.7 Å². The van der Waals surface area contributed by atoms with Crippen molar-refractivity contribution in [2.24, 2.45) is 0 Å². The summed E-state index contributed by atoms with van der Waals surface area (Å²) in [7, 11) is 0. The van der Waals surface area contributed by atoms with Gasteiger partial charge in [-0.05, 0) is 19.1 Å². The van der Waals surface area contributed by atoms with Crippen molar-refractivity contribution in [2.75, 3.05) is 5.32 Å². The molecule has 9 heteroatoms. The molecule has 1 amide bonds. The predicted molar refractivity (Wildman–Crippen MR) is 75.4 cm³/mol. The third-order valence-corrected chi connectivity index (χ3v) is 3.07. The molecule has 0 aliphatic carbocycles. The zero-order valence-electron chi connectivity index (χ0n) is 11.2. The van der Waals surface area contributed by atoms with Gasteiger partial charge in [0.25, 0.3) is 0 Å². The maximum absolute atomic E-state index is 12.3. The van der Waals surface area contributed by atoms with E-state index in [9.17, 15) is 18.0 Å². The maximum Gasteiger partial charge on any atom is 0.573 e. The van der Waals surface area contributed by atoms with Crippen molar-refractivity contribution in [2.45, 2.75) is 13.3 Å². The molecular weight excluding hydrogens is 319 g/mol. The number of aryl methyl sites for hydroxylation is 1. The molecule has 0 saturated carbocycles. The molecule has 0 aliphatic heterocycles. The summed E-state index contributed by atoms with van der Waals surface area (Å²) in [5.74, 6) is -0.913. The second kappa shape index (κ2) is 6.56. The standard InChI is InChI=1S/C13H10F3N3O2S/c1-8-18-19-12(22-8)17-11(20)7-6-9-4-2-3-5-10(9)21-13(14,15)16/h2-7H,1H3,(H,17,19,20)/b7-6+. The fourth-order valence-corrected chi connectivity index (χ4v) is 2.09. The number of nitrogens with zero attached hydrogens (tertiary/aromatic N) is 2. The number of para-hydroxylation sites is 1. The first kappa shape index (κ1) is 16.0. The number of carbonyl (C=O) groups excluding carboxylic acids is 1. The SMILES string of the molecule is Cc1nnc(NC(=O)/C=C/c2ccccc2OC(F)(F)F)s1. The quantitative estimate of drug-likeness (QED) is 0.873. The van der Waals surface area contributed by atoms with Crippen molar-refractivity contribution in [1.29, 1.82) is 0 Å². The topological polar surface area (TPSA) is 64.1 Å². The van der Waals surface area contributed by atoms with Crippen LogP contribution in [0.3, 0.4) is 0 Å². The number of aromatic nitrogens is 2. The molecule has 0 aliphatic rings. The number of anilines is 1. The summed E-state index contributed by atoms with van der Waals surface area (Å²) in [6.45, 7) is 1.73. The first-order valence-corrected chi connectivity index (χ1v) is 6.79. The second-order valence-corrected chi connectivity index (χ2v) is 5.22. The van der Waals surface area contributed by atoms with E-state index in [-0.39, 0.29) is 11.3 Å². The number of carbonyl (C=O) groups is 1. The van der Waals surface area contributed by atoms with E-state index in [0.717, 1.165) is 6.08 Å². The van der Waals surface area contributed by atoms with Gasteiger partial charge < -0.3 is 4.74 Å². The van der Waals surface area contributed by atoms with Gasteiger partial charge in [-0.3, -0.25) is 10.1 Å². The zero-order valence-corrected chi connectivity index (χ0v) is 12.0. The normalized spacial score (nSPS) is 11.6. The molecule has 0 fully saturated rings. The summed E-state index contributed by atoms with van der Waals surface area (Å²) in [6, 6.07) is 5.51. The van der Waals surface area contributed by atoms with Crippen LogP contribution in [0.5, 0.6) is 5.75 Å². The average Bonchev–Trinajstić information content (AvgIpc) is 2.81. The third-order valence-electron chi connectivity index (χ3n) is 2.32. The number of halogens is 3. The average molecular weight is 329 g/mol. The summed E-state index contributed by atoms with van der Waals surface area (Å²) in [6.07, 6.45) is -2.48. The van der Waals surface area contributed by atoms with E-state index < -0.39 is 12.3 Å². The maximum atomic E-state index is 12.3. The molecule has 116 valence electrons. The highest BCUT2D eigenvalue weighted by Gasteiger charge is 2.31. The van der Waals surface area contributed by atoms with Gasteiger partial charge in [0.15, 0.2) is 0 Å². The van der Waals surface area contributed by atoms with Crippen molar-refractivity contribution < 1.29 is 22.7 Å². The summed E-state index contributed by atoms with van der Waals surface area (Å²) < 4.78 is 40.7. The summed E-state index contributed by atoms with van der Waals surface area (Å²) >= 11 is 1.19. The molecule has 2 rings (SSSR count). The number of amides is 1. The van der Waals surface area contributed by atoms with Crippen LogP contribution >= 0.6 is 11.3 Å². The minimum Gasteiger partial charge on any atom is -0.405 e. The van der Waals surface area contributed by atoms with Gasteiger partial charge in [0, 0.05) is 11.6 Å². The van der Waals surface area contributed by atoms with E-state index in [1.54, 1.807) is 6.92 Å². The first-order valence-electron chi connectivity index (χ1n) is 5.97. The Morgan fingerprint density at radius 2 is 2.05 bits per heavy atom. The van der Waals surface area contributed by atoms with Gasteiger partial charge in [0.05, 0.1) is 0 Å². The van der Waals surface area contributed by atoms with Crippen LogP contribution in [0.15, 0.2) is 30.3 Å². The van der Waals surface area contributed by atoms with Crippen molar-refractivity contribution in [3.8, 4) is 5.75 Å². The fourth-order valence-electron chi connectivity index (χ4n) is 1.50. The van der Waals surface area contributed by atoms with Crippen molar-refractivity contribution in [3.63, 3.8) is 0 Å². The Balaban J connectivity index is 2.08. The van der Waals surface area contributed by atoms with Crippen LogP contribution in [-0.2, 0) is 4.79 Å². The number of alkyl halides is 3. The van der Waals surface area contributed by atoms with E-state index in [4.69, 9.17) is 0 Å². The van der Waals surface area contributed by atoms with Gasteiger partial charge in [0.1, 0.15) is 10.8 Å². The number of rotatable bonds is 4.